The molecule has 0 saturated carbocycles. The number of nitrogens with zero attached hydrogens (tertiary/aromatic N) is 1. The van der Waals surface area contributed by atoms with Gasteiger partial charge in [0.05, 0.1) is 0 Å². The molecular formula is C8H11NO3. The summed E-state index contributed by atoms with van der Waals surface area (Å²) in [6.45, 7) is 1.02. The second kappa shape index (κ2) is 3.90. The molecule has 0 radical (unpaired) electrons. The molecule has 0 aliphatic carbocycles. The van der Waals surface area contributed by atoms with E-state index in [0.717, 1.165) is 11.9 Å². The average Bonchev–Trinajstić information content (AvgIpc) is 2.06. The summed E-state index contributed by atoms with van der Waals surface area (Å²) in [5.41, 5.74) is 1.04. The molecule has 4 heteroatoms. The lowest BCUT2D eigenvalue weighted by Gasteiger charge is -2.25. The molecule has 0 aromatic rings. The summed E-state index contributed by atoms with van der Waals surface area (Å²) < 4.78 is 0. The van der Waals surface area contributed by atoms with Crippen molar-refractivity contribution in [2.75, 3.05) is 13.1 Å². The van der Waals surface area contributed by atoms with Crippen molar-refractivity contribution in [3.05, 3.63) is 11.6 Å². The SMILES string of the molecule is O=CC=C1CCN(C(=O)O)CC1. The first-order valence-corrected chi connectivity index (χ1v) is 3.85. The van der Waals surface area contributed by atoms with Crippen molar-refractivity contribution in [2.24, 2.45) is 0 Å². The Hall–Kier alpha value is -1.32. The molecule has 66 valence electrons. The number of carboxylic acid groups (broad SMARTS) is 1. The van der Waals surface area contributed by atoms with E-state index >= 15 is 0 Å². The Morgan fingerprint density at radius 3 is 2.42 bits per heavy atom. The van der Waals surface area contributed by atoms with E-state index in [1.54, 1.807) is 0 Å². The fourth-order valence-corrected chi connectivity index (χ4v) is 1.25. The smallest absolute Gasteiger partial charge is 0.407 e. The van der Waals surface area contributed by atoms with Crippen molar-refractivity contribution >= 4 is 12.4 Å². The molecule has 1 amide bonds. The lowest BCUT2D eigenvalue weighted by atomic mass is 10.0. The van der Waals surface area contributed by atoms with Crippen molar-refractivity contribution < 1.29 is 14.7 Å². The number of likely N-dealkylation sites (tertiary alicyclic amines) is 1. The van der Waals surface area contributed by atoms with Crippen LogP contribution in [-0.4, -0.2) is 35.5 Å². The van der Waals surface area contributed by atoms with E-state index in [1.165, 1.54) is 11.0 Å². The Kier molecular flexibility index (Phi) is 2.85. The highest BCUT2D eigenvalue weighted by Crippen LogP contribution is 2.14. The highest BCUT2D eigenvalue weighted by molar-refractivity contribution is 5.67. The molecule has 0 atom stereocenters. The molecule has 1 aliphatic heterocycles. The van der Waals surface area contributed by atoms with Gasteiger partial charge in [-0.3, -0.25) is 4.79 Å². The minimum atomic E-state index is -0.875. The molecule has 1 rings (SSSR count). The van der Waals surface area contributed by atoms with E-state index in [0.29, 0.717) is 25.9 Å². The van der Waals surface area contributed by atoms with Gasteiger partial charge in [0.15, 0.2) is 0 Å². The second-order valence-corrected chi connectivity index (χ2v) is 2.73. The highest BCUT2D eigenvalue weighted by atomic mass is 16.4. The zero-order valence-electron chi connectivity index (χ0n) is 6.69. The van der Waals surface area contributed by atoms with E-state index in [-0.39, 0.29) is 0 Å². The van der Waals surface area contributed by atoms with Gasteiger partial charge in [-0.1, -0.05) is 5.57 Å². The number of carbonyl (C=O) groups is 2. The van der Waals surface area contributed by atoms with Crippen LogP contribution in [0.2, 0.25) is 0 Å². The first-order chi connectivity index (χ1) is 5.74. The number of piperidine rings is 1. The number of carbonyl (C=O) groups excluding carboxylic acids is 1. The minimum Gasteiger partial charge on any atom is -0.465 e. The first kappa shape index (κ1) is 8.77. The van der Waals surface area contributed by atoms with E-state index in [2.05, 4.69) is 0 Å². The Bertz CT molecular complexity index is 212. The van der Waals surface area contributed by atoms with Gasteiger partial charge in [-0.05, 0) is 18.9 Å². The third kappa shape index (κ3) is 2.08. The van der Waals surface area contributed by atoms with E-state index in [1.807, 2.05) is 0 Å². The third-order valence-corrected chi connectivity index (χ3v) is 1.98. The van der Waals surface area contributed by atoms with Crippen LogP contribution in [0.4, 0.5) is 4.79 Å². The minimum absolute atomic E-state index is 0.509. The number of allylic oxidation sites excluding steroid dienone is 1. The van der Waals surface area contributed by atoms with Gasteiger partial charge in [0.2, 0.25) is 0 Å². The van der Waals surface area contributed by atoms with Gasteiger partial charge in [0, 0.05) is 13.1 Å². The van der Waals surface area contributed by atoms with E-state index in [9.17, 15) is 9.59 Å². The summed E-state index contributed by atoms with van der Waals surface area (Å²) in [6.07, 6.45) is 2.78. The van der Waals surface area contributed by atoms with Crippen molar-refractivity contribution in [2.45, 2.75) is 12.8 Å². The zero-order valence-corrected chi connectivity index (χ0v) is 6.69. The van der Waals surface area contributed by atoms with Gasteiger partial charge >= 0.3 is 6.09 Å². The Balaban J connectivity index is 2.44. The number of amides is 1. The largest absolute Gasteiger partial charge is 0.465 e. The van der Waals surface area contributed by atoms with Gasteiger partial charge in [-0.15, -0.1) is 0 Å². The summed E-state index contributed by atoms with van der Waals surface area (Å²) in [5.74, 6) is 0. The van der Waals surface area contributed by atoms with Crippen molar-refractivity contribution in [3.8, 4) is 0 Å². The number of hydrogen-bond acceptors (Lipinski definition) is 2. The summed E-state index contributed by atoms with van der Waals surface area (Å²) >= 11 is 0. The molecule has 0 unspecified atom stereocenters. The van der Waals surface area contributed by atoms with Crippen LogP contribution in [0.1, 0.15) is 12.8 Å². The molecule has 4 nitrogen and oxygen atoms in total. The molecule has 1 heterocycles. The van der Waals surface area contributed by atoms with Crippen LogP contribution in [-0.2, 0) is 4.79 Å². The number of hydrogen-bond donors (Lipinski definition) is 1. The highest BCUT2D eigenvalue weighted by Gasteiger charge is 2.17. The van der Waals surface area contributed by atoms with Crippen LogP contribution in [0.25, 0.3) is 0 Å². The average molecular weight is 169 g/mol. The summed E-state index contributed by atoms with van der Waals surface area (Å²) in [5, 5.41) is 8.59. The quantitative estimate of drug-likeness (QED) is 0.468. The fraction of sp³-hybridized carbons (Fsp3) is 0.500. The van der Waals surface area contributed by atoms with Crippen molar-refractivity contribution in [1.82, 2.24) is 4.90 Å². The van der Waals surface area contributed by atoms with Gasteiger partial charge in [0.25, 0.3) is 0 Å². The summed E-state index contributed by atoms with van der Waals surface area (Å²) in [7, 11) is 0. The van der Waals surface area contributed by atoms with E-state index in [4.69, 9.17) is 5.11 Å². The van der Waals surface area contributed by atoms with Crippen molar-refractivity contribution in [3.63, 3.8) is 0 Å². The third-order valence-electron chi connectivity index (χ3n) is 1.98. The lowest BCUT2D eigenvalue weighted by molar-refractivity contribution is -0.104. The number of rotatable bonds is 1. The van der Waals surface area contributed by atoms with Gasteiger partial charge < -0.3 is 10.0 Å². The predicted molar refractivity (Wildman–Crippen MR) is 43.0 cm³/mol. The van der Waals surface area contributed by atoms with Crippen LogP contribution in [0, 0.1) is 0 Å². The van der Waals surface area contributed by atoms with Crippen LogP contribution in [0.3, 0.4) is 0 Å². The molecule has 12 heavy (non-hydrogen) atoms. The molecule has 0 aromatic heterocycles. The zero-order chi connectivity index (χ0) is 8.97. The second-order valence-electron chi connectivity index (χ2n) is 2.73. The maximum absolute atomic E-state index is 10.5. The van der Waals surface area contributed by atoms with Gasteiger partial charge in [0.1, 0.15) is 6.29 Å². The monoisotopic (exact) mass is 169 g/mol. The van der Waals surface area contributed by atoms with E-state index < -0.39 is 6.09 Å². The molecule has 1 N–H and O–H groups in total. The Morgan fingerprint density at radius 2 is 2.00 bits per heavy atom. The first-order valence-electron chi connectivity index (χ1n) is 3.85. The Labute approximate surface area is 70.5 Å². The molecule has 0 aromatic carbocycles. The summed E-state index contributed by atoms with van der Waals surface area (Å²) in [4.78, 5) is 21.9. The predicted octanol–water partition coefficient (Wildman–Crippen LogP) is 0.885. The molecule has 1 fully saturated rings. The molecular weight excluding hydrogens is 158 g/mol. The van der Waals surface area contributed by atoms with Gasteiger partial charge in [-0.25, -0.2) is 4.79 Å². The maximum Gasteiger partial charge on any atom is 0.407 e. The molecule has 1 saturated heterocycles. The fourth-order valence-electron chi connectivity index (χ4n) is 1.25. The van der Waals surface area contributed by atoms with Crippen LogP contribution in [0.15, 0.2) is 11.6 Å². The Morgan fingerprint density at radius 1 is 1.42 bits per heavy atom. The lowest BCUT2D eigenvalue weighted by Crippen LogP contribution is -2.35. The molecule has 0 bridgehead atoms. The topological polar surface area (TPSA) is 57.6 Å². The van der Waals surface area contributed by atoms with Crippen molar-refractivity contribution in [1.29, 1.82) is 0 Å². The maximum atomic E-state index is 10.5. The van der Waals surface area contributed by atoms with Crippen LogP contribution >= 0.6 is 0 Å². The molecule has 1 aliphatic rings. The van der Waals surface area contributed by atoms with Crippen LogP contribution < -0.4 is 0 Å². The number of aldehydes is 1. The normalized spacial score (nSPS) is 17.3. The van der Waals surface area contributed by atoms with Gasteiger partial charge in [-0.2, -0.15) is 0 Å². The van der Waals surface area contributed by atoms with Crippen LogP contribution in [0.5, 0.6) is 0 Å². The summed E-state index contributed by atoms with van der Waals surface area (Å²) in [6, 6.07) is 0. The standard InChI is InChI=1S/C8H11NO3/c10-6-3-7-1-4-9(5-2-7)8(11)12/h3,6H,1-2,4-5H2,(H,11,12). The molecule has 0 spiro atoms.